The fraction of sp³-hybridized carbons (Fsp3) is 0.207. The molecule has 5 aromatic rings. The minimum atomic E-state index is -2.25. The largest absolute Gasteiger partial charge is 0.454 e. The van der Waals surface area contributed by atoms with Crippen molar-refractivity contribution < 1.29 is 17.5 Å². The lowest BCUT2D eigenvalue weighted by molar-refractivity contribution is -0.660. The smallest absolute Gasteiger partial charge is 0.216 e. The second kappa shape index (κ2) is 7.59. The van der Waals surface area contributed by atoms with Gasteiger partial charge >= 0.3 is 0 Å². The van der Waals surface area contributed by atoms with Crippen LogP contribution in [0.2, 0.25) is 0 Å². The van der Waals surface area contributed by atoms with Gasteiger partial charge in [0.15, 0.2) is 6.20 Å². The summed E-state index contributed by atoms with van der Waals surface area (Å²) in [5, 5.41) is 1.68. The first-order chi connectivity index (χ1) is 16.6. The van der Waals surface area contributed by atoms with Crippen LogP contribution in [0.4, 0.5) is 4.39 Å². The van der Waals surface area contributed by atoms with Crippen LogP contribution in [0.25, 0.3) is 44.3 Å². The molecular weight excluding hydrogens is 397 g/mol. The summed E-state index contributed by atoms with van der Waals surface area (Å²) in [6.45, 7) is 3.72. The fourth-order valence-corrected chi connectivity index (χ4v) is 4.55. The Hall–Kier alpha value is -3.46. The van der Waals surface area contributed by atoms with Gasteiger partial charge in [0.1, 0.15) is 24.0 Å². The molecule has 0 unspecified atom stereocenters. The van der Waals surface area contributed by atoms with Crippen molar-refractivity contribution in [2.45, 2.75) is 33.5 Å². The third-order valence-corrected chi connectivity index (χ3v) is 6.21. The zero-order valence-electron chi connectivity index (χ0n) is 21.7. The van der Waals surface area contributed by atoms with E-state index in [0.29, 0.717) is 22.3 Å². The maximum Gasteiger partial charge on any atom is 0.216 e. The molecule has 0 bridgehead atoms. The molecule has 2 heterocycles. The number of aromatic nitrogens is 1. The van der Waals surface area contributed by atoms with Crippen LogP contribution >= 0.6 is 0 Å². The van der Waals surface area contributed by atoms with Crippen LogP contribution in [0, 0.1) is 19.6 Å². The Morgan fingerprint density at radius 1 is 0.906 bits per heavy atom. The van der Waals surface area contributed by atoms with E-state index in [1.807, 2.05) is 81.0 Å². The van der Waals surface area contributed by atoms with Gasteiger partial charge in [-0.15, -0.1) is 0 Å². The molecule has 3 aromatic carbocycles. The molecule has 0 aliphatic heterocycles. The van der Waals surface area contributed by atoms with Crippen molar-refractivity contribution in [3.63, 3.8) is 0 Å². The number of hydrogen-bond acceptors (Lipinski definition) is 1. The quantitative estimate of drug-likeness (QED) is 0.271. The first-order valence-electron chi connectivity index (χ1n) is 12.3. The third kappa shape index (κ3) is 3.12. The van der Waals surface area contributed by atoms with Gasteiger partial charge < -0.3 is 4.42 Å². The van der Waals surface area contributed by atoms with Gasteiger partial charge in [0.2, 0.25) is 5.69 Å². The van der Waals surface area contributed by atoms with Gasteiger partial charge in [-0.2, -0.15) is 0 Å². The van der Waals surface area contributed by atoms with E-state index in [4.69, 9.17) is 8.53 Å². The molecular formula is C29H27FNO+. The predicted molar refractivity (Wildman–Crippen MR) is 129 cm³/mol. The number of aryl methyl sites for hydroxylation is 3. The van der Waals surface area contributed by atoms with Crippen molar-refractivity contribution in [1.29, 1.82) is 0 Å². The normalized spacial score (nSPS) is 13.5. The van der Waals surface area contributed by atoms with Crippen LogP contribution in [0.3, 0.4) is 0 Å². The molecule has 0 aliphatic carbocycles. The summed E-state index contributed by atoms with van der Waals surface area (Å²) in [7, 11) is 1.92. The monoisotopic (exact) mass is 427 g/mol. The standard InChI is InChI=1S/C29H27FNO/c1-17(2)23-16-31(5)25(15-19(23)4)26-18(3)11-12-21-22-13-14-24(30)27(29(22)32-28(21)26)20-9-7-6-8-10-20/h6-17H,1-5H3/q+1/i4D3. The number of benzene rings is 3. The molecule has 0 N–H and O–H groups in total. The molecule has 2 nitrogen and oxygen atoms in total. The number of rotatable bonds is 3. The summed E-state index contributed by atoms with van der Waals surface area (Å²) in [6, 6.07) is 18.3. The molecule has 0 amide bonds. The summed E-state index contributed by atoms with van der Waals surface area (Å²) >= 11 is 0. The fourth-order valence-electron chi connectivity index (χ4n) is 4.55. The molecule has 5 rings (SSSR count). The average Bonchev–Trinajstić information content (AvgIpc) is 3.17. The van der Waals surface area contributed by atoms with E-state index < -0.39 is 6.85 Å². The van der Waals surface area contributed by atoms with Crippen molar-refractivity contribution in [2.24, 2.45) is 7.05 Å². The van der Waals surface area contributed by atoms with Crippen LogP contribution in [-0.2, 0) is 7.05 Å². The zero-order valence-corrected chi connectivity index (χ0v) is 18.7. The number of pyridine rings is 1. The molecule has 0 radical (unpaired) electrons. The minimum absolute atomic E-state index is 0.0603. The van der Waals surface area contributed by atoms with Gasteiger partial charge in [0.05, 0.1) is 11.1 Å². The van der Waals surface area contributed by atoms with E-state index in [1.54, 1.807) is 12.1 Å². The Labute approximate surface area is 192 Å². The number of nitrogens with zero attached hydrogens (tertiary/aromatic N) is 1. The molecule has 0 saturated carbocycles. The minimum Gasteiger partial charge on any atom is -0.454 e. The highest BCUT2D eigenvalue weighted by molar-refractivity contribution is 6.13. The predicted octanol–water partition coefficient (Wildman–Crippen LogP) is 7.62. The van der Waals surface area contributed by atoms with E-state index in [-0.39, 0.29) is 11.7 Å². The van der Waals surface area contributed by atoms with E-state index in [1.165, 1.54) is 6.07 Å². The van der Waals surface area contributed by atoms with Gasteiger partial charge in [-0.05, 0) is 48.5 Å². The van der Waals surface area contributed by atoms with Crippen LogP contribution in [0.15, 0.2) is 71.3 Å². The molecule has 0 saturated heterocycles. The molecule has 0 spiro atoms. The molecule has 32 heavy (non-hydrogen) atoms. The van der Waals surface area contributed by atoms with Crippen LogP contribution in [-0.4, -0.2) is 0 Å². The molecule has 2 aromatic heterocycles. The van der Waals surface area contributed by atoms with Crippen LogP contribution in [0.5, 0.6) is 0 Å². The highest BCUT2D eigenvalue weighted by Crippen LogP contribution is 2.41. The summed E-state index contributed by atoms with van der Waals surface area (Å²) in [4.78, 5) is 0. The second-order valence-corrected chi connectivity index (χ2v) is 8.69. The molecule has 3 heteroatoms. The maximum atomic E-state index is 15.1. The van der Waals surface area contributed by atoms with Gasteiger partial charge in [-0.1, -0.05) is 56.3 Å². The Morgan fingerprint density at radius 3 is 2.28 bits per heavy atom. The van der Waals surface area contributed by atoms with Crippen molar-refractivity contribution in [3.05, 3.63) is 89.4 Å². The lowest BCUT2D eigenvalue weighted by Crippen LogP contribution is -2.32. The van der Waals surface area contributed by atoms with Gasteiger partial charge in [-0.25, -0.2) is 8.96 Å². The van der Waals surface area contributed by atoms with Crippen molar-refractivity contribution in [1.82, 2.24) is 0 Å². The summed E-state index contributed by atoms with van der Waals surface area (Å²) in [5.41, 5.74) is 5.88. The van der Waals surface area contributed by atoms with Gasteiger partial charge in [-0.3, -0.25) is 0 Å². The lowest BCUT2D eigenvalue weighted by atomic mass is 9.95. The Balaban J connectivity index is 1.87. The van der Waals surface area contributed by atoms with Gasteiger partial charge in [0.25, 0.3) is 0 Å². The maximum absolute atomic E-state index is 15.1. The van der Waals surface area contributed by atoms with E-state index >= 15 is 4.39 Å². The molecule has 0 aliphatic rings. The number of fused-ring (bicyclic) bond motifs is 3. The molecule has 0 fully saturated rings. The number of hydrogen-bond donors (Lipinski definition) is 0. The van der Waals surface area contributed by atoms with Crippen LogP contribution < -0.4 is 4.57 Å². The van der Waals surface area contributed by atoms with Crippen molar-refractivity contribution >= 4 is 21.9 Å². The number of furan rings is 1. The van der Waals surface area contributed by atoms with E-state index in [0.717, 1.165) is 38.7 Å². The highest BCUT2D eigenvalue weighted by Gasteiger charge is 2.24. The first kappa shape index (κ1) is 17.1. The van der Waals surface area contributed by atoms with Crippen LogP contribution in [0.1, 0.15) is 40.6 Å². The molecule has 0 atom stereocenters. The Kier molecular flexibility index (Phi) is 4.07. The third-order valence-electron chi connectivity index (χ3n) is 6.21. The SMILES string of the molecule is [2H]C([2H])([2H])c1cc(-c2c(C)ccc3c2oc2c(-c4ccccc4)c(F)ccc23)[n+](C)cc1C(C)C. The van der Waals surface area contributed by atoms with E-state index in [2.05, 4.69) is 0 Å². The average molecular weight is 428 g/mol. The number of halogens is 1. The second-order valence-electron chi connectivity index (χ2n) is 8.69. The van der Waals surface area contributed by atoms with Crippen molar-refractivity contribution in [3.8, 4) is 22.4 Å². The summed E-state index contributed by atoms with van der Waals surface area (Å²) in [5.74, 6) is -0.289. The Bertz CT molecular complexity index is 1580. The summed E-state index contributed by atoms with van der Waals surface area (Å²) in [6.07, 6.45) is 1.90. The van der Waals surface area contributed by atoms with Gasteiger partial charge in [0, 0.05) is 26.5 Å². The lowest BCUT2D eigenvalue weighted by Gasteiger charge is -2.11. The van der Waals surface area contributed by atoms with E-state index in [9.17, 15) is 0 Å². The summed E-state index contributed by atoms with van der Waals surface area (Å²) < 4.78 is 47.9. The topological polar surface area (TPSA) is 17.0 Å². The Morgan fingerprint density at radius 2 is 1.59 bits per heavy atom. The highest BCUT2D eigenvalue weighted by atomic mass is 19.1. The zero-order chi connectivity index (χ0) is 25.1. The molecule has 160 valence electrons. The first-order valence-corrected chi connectivity index (χ1v) is 10.8. The van der Waals surface area contributed by atoms with Crippen molar-refractivity contribution in [2.75, 3.05) is 0 Å².